The van der Waals surface area contributed by atoms with Gasteiger partial charge in [0.2, 0.25) is 5.95 Å². The molecule has 0 spiro atoms. The minimum absolute atomic E-state index is 0.328. The first-order chi connectivity index (χ1) is 14.6. The number of benzene rings is 1. The van der Waals surface area contributed by atoms with E-state index in [0.717, 1.165) is 38.2 Å². The van der Waals surface area contributed by atoms with Gasteiger partial charge in [-0.1, -0.05) is 17.7 Å². The van der Waals surface area contributed by atoms with Gasteiger partial charge in [0.15, 0.2) is 0 Å². The van der Waals surface area contributed by atoms with E-state index in [2.05, 4.69) is 31.2 Å². The summed E-state index contributed by atoms with van der Waals surface area (Å²) < 4.78 is 13.5. The van der Waals surface area contributed by atoms with Crippen LogP contribution in [-0.4, -0.2) is 39.0 Å². The lowest BCUT2D eigenvalue weighted by atomic mass is 10.0. The molecule has 3 aromatic rings. The number of aromatic nitrogens is 3. The van der Waals surface area contributed by atoms with E-state index in [1.165, 1.54) is 12.1 Å². The largest absolute Gasteiger partial charge is 0.351 e. The van der Waals surface area contributed by atoms with Crippen molar-refractivity contribution in [3.63, 3.8) is 0 Å². The molecule has 1 saturated heterocycles. The highest BCUT2D eigenvalue weighted by Gasteiger charge is 2.40. The maximum atomic E-state index is 13.5. The molecule has 2 aliphatic rings. The molecule has 2 atom stereocenters. The number of hydrogen-bond donors (Lipinski definition) is 1. The standard InChI is InChI=1S/C23H23ClFN5/c24-22-5-4-18(25)9-21(22)17-10-27-23(28-11-17)29-20-7-15-12-30(13-16(15)8-20)14-19-3-1-2-6-26-19/h1-6,9-11,15-16,20H,7-8,12-14H2,(H,27,28,29)/t15-,16-/m1/s1. The van der Waals surface area contributed by atoms with E-state index in [1.54, 1.807) is 18.5 Å². The molecule has 0 bridgehead atoms. The van der Waals surface area contributed by atoms with Gasteiger partial charge in [-0.05, 0) is 55.0 Å². The number of hydrogen-bond acceptors (Lipinski definition) is 5. The highest BCUT2D eigenvalue weighted by molar-refractivity contribution is 6.33. The van der Waals surface area contributed by atoms with E-state index in [1.807, 2.05) is 18.3 Å². The molecule has 1 aromatic carbocycles. The molecule has 154 valence electrons. The Morgan fingerprint density at radius 2 is 1.80 bits per heavy atom. The maximum Gasteiger partial charge on any atom is 0.222 e. The fourth-order valence-corrected chi connectivity index (χ4v) is 5.03. The highest BCUT2D eigenvalue weighted by Crippen LogP contribution is 2.39. The normalized spacial score (nSPS) is 21.7. The van der Waals surface area contributed by atoms with Gasteiger partial charge in [0.1, 0.15) is 5.82 Å². The summed E-state index contributed by atoms with van der Waals surface area (Å²) in [6.45, 7) is 3.17. The predicted octanol–water partition coefficient (Wildman–Crippen LogP) is 4.65. The van der Waals surface area contributed by atoms with Gasteiger partial charge in [0.05, 0.1) is 5.69 Å². The number of nitrogens with zero attached hydrogens (tertiary/aromatic N) is 4. The van der Waals surface area contributed by atoms with Crippen LogP contribution in [0.25, 0.3) is 11.1 Å². The van der Waals surface area contributed by atoms with Gasteiger partial charge >= 0.3 is 0 Å². The lowest BCUT2D eigenvalue weighted by Crippen LogP contribution is -2.25. The van der Waals surface area contributed by atoms with Crippen LogP contribution in [0.4, 0.5) is 10.3 Å². The van der Waals surface area contributed by atoms with Crippen molar-refractivity contribution in [2.75, 3.05) is 18.4 Å². The Kier molecular flexibility index (Phi) is 5.35. The third-order valence-electron chi connectivity index (χ3n) is 6.16. The SMILES string of the molecule is Fc1ccc(Cl)c(-c2cnc(NC3C[C@@H]4CN(Cc5ccccn5)C[C@H]4C3)nc2)c1. The zero-order valence-corrected chi connectivity index (χ0v) is 17.3. The van der Waals surface area contributed by atoms with E-state index in [0.29, 0.717) is 40.0 Å². The molecule has 0 radical (unpaired) electrons. The van der Waals surface area contributed by atoms with Gasteiger partial charge in [-0.3, -0.25) is 9.88 Å². The van der Waals surface area contributed by atoms with Crippen molar-refractivity contribution in [3.8, 4) is 11.1 Å². The molecule has 1 aliphatic carbocycles. The van der Waals surface area contributed by atoms with Crippen LogP contribution in [0, 0.1) is 17.7 Å². The van der Waals surface area contributed by atoms with Crippen molar-refractivity contribution in [1.29, 1.82) is 0 Å². The molecule has 1 saturated carbocycles. The van der Waals surface area contributed by atoms with Gasteiger partial charge in [-0.25, -0.2) is 14.4 Å². The molecule has 7 heteroatoms. The quantitative estimate of drug-likeness (QED) is 0.647. The molecule has 1 aliphatic heterocycles. The first kappa shape index (κ1) is 19.4. The van der Waals surface area contributed by atoms with E-state index in [4.69, 9.17) is 11.6 Å². The lowest BCUT2D eigenvalue weighted by Gasteiger charge is -2.19. The van der Waals surface area contributed by atoms with Crippen LogP contribution < -0.4 is 5.32 Å². The first-order valence-electron chi connectivity index (χ1n) is 10.3. The Morgan fingerprint density at radius 3 is 2.50 bits per heavy atom. The number of pyridine rings is 1. The Balaban J connectivity index is 1.17. The summed E-state index contributed by atoms with van der Waals surface area (Å²) >= 11 is 6.18. The summed E-state index contributed by atoms with van der Waals surface area (Å²) in [4.78, 5) is 15.8. The molecular formula is C23H23ClFN5. The average Bonchev–Trinajstić information content (AvgIpc) is 3.29. The summed E-state index contributed by atoms with van der Waals surface area (Å²) in [7, 11) is 0. The molecule has 2 fully saturated rings. The molecule has 30 heavy (non-hydrogen) atoms. The average molecular weight is 424 g/mol. The molecule has 2 aromatic heterocycles. The van der Waals surface area contributed by atoms with Crippen molar-refractivity contribution in [3.05, 3.63) is 71.5 Å². The van der Waals surface area contributed by atoms with E-state index in [9.17, 15) is 4.39 Å². The van der Waals surface area contributed by atoms with Crippen molar-refractivity contribution >= 4 is 17.5 Å². The third-order valence-corrected chi connectivity index (χ3v) is 6.49. The smallest absolute Gasteiger partial charge is 0.222 e. The van der Waals surface area contributed by atoms with Crippen LogP contribution >= 0.6 is 11.6 Å². The van der Waals surface area contributed by atoms with Crippen LogP contribution in [0.2, 0.25) is 5.02 Å². The van der Waals surface area contributed by atoms with Gasteiger partial charge in [0, 0.05) is 60.4 Å². The van der Waals surface area contributed by atoms with Gasteiger partial charge in [-0.2, -0.15) is 0 Å². The van der Waals surface area contributed by atoms with E-state index < -0.39 is 0 Å². The molecule has 1 N–H and O–H groups in total. The maximum absolute atomic E-state index is 13.5. The number of likely N-dealkylation sites (tertiary alicyclic amines) is 1. The van der Waals surface area contributed by atoms with Gasteiger partial charge < -0.3 is 5.32 Å². The van der Waals surface area contributed by atoms with Crippen molar-refractivity contribution in [2.24, 2.45) is 11.8 Å². The van der Waals surface area contributed by atoms with Crippen molar-refractivity contribution in [2.45, 2.75) is 25.4 Å². The van der Waals surface area contributed by atoms with Gasteiger partial charge in [0.25, 0.3) is 0 Å². The molecule has 0 unspecified atom stereocenters. The zero-order valence-electron chi connectivity index (χ0n) is 16.5. The zero-order chi connectivity index (χ0) is 20.5. The summed E-state index contributed by atoms with van der Waals surface area (Å²) in [6, 6.07) is 10.8. The van der Waals surface area contributed by atoms with Crippen LogP contribution in [-0.2, 0) is 6.54 Å². The van der Waals surface area contributed by atoms with Crippen LogP contribution in [0.3, 0.4) is 0 Å². The topological polar surface area (TPSA) is 53.9 Å². The van der Waals surface area contributed by atoms with Crippen LogP contribution in [0.1, 0.15) is 18.5 Å². The predicted molar refractivity (Wildman–Crippen MR) is 116 cm³/mol. The summed E-state index contributed by atoms with van der Waals surface area (Å²) in [6.07, 6.45) is 7.51. The van der Waals surface area contributed by atoms with E-state index >= 15 is 0 Å². The number of rotatable bonds is 5. The molecule has 5 nitrogen and oxygen atoms in total. The summed E-state index contributed by atoms with van der Waals surface area (Å²) in [5.41, 5.74) is 2.45. The second kappa shape index (κ2) is 8.28. The Hall–Kier alpha value is -2.57. The van der Waals surface area contributed by atoms with Crippen molar-refractivity contribution < 1.29 is 4.39 Å². The fourth-order valence-electron chi connectivity index (χ4n) is 4.81. The molecule has 0 amide bonds. The number of halogens is 2. The number of nitrogens with one attached hydrogen (secondary N) is 1. The third kappa shape index (κ3) is 4.16. The second-order valence-electron chi connectivity index (χ2n) is 8.27. The minimum Gasteiger partial charge on any atom is -0.351 e. The molecule has 5 rings (SSSR count). The van der Waals surface area contributed by atoms with Crippen molar-refractivity contribution in [1.82, 2.24) is 19.9 Å². The summed E-state index contributed by atoms with van der Waals surface area (Å²) in [5, 5.41) is 3.96. The van der Waals surface area contributed by atoms with Gasteiger partial charge in [-0.15, -0.1) is 0 Å². The van der Waals surface area contributed by atoms with E-state index in [-0.39, 0.29) is 5.82 Å². The highest BCUT2D eigenvalue weighted by atomic mass is 35.5. The molecular weight excluding hydrogens is 401 g/mol. The number of fused-ring (bicyclic) bond motifs is 1. The Bertz CT molecular complexity index is 1000. The Labute approximate surface area is 180 Å². The Morgan fingerprint density at radius 1 is 1.03 bits per heavy atom. The summed E-state index contributed by atoms with van der Waals surface area (Å²) in [5.74, 6) is 1.70. The first-order valence-corrected chi connectivity index (χ1v) is 10.7. The molecule has 3 heterocycles. The minimum atomic E-state index is -0.328. The number of anilines is 1. The second-order valence-corrected chi connectivity index (χ2v) is 8.67. The lowest BCUT2D eigenvalue weighted by molar-refractivity contribution is 0.297. The monoisotopic (exact) mass is 423 g/mol. The van der Waals surface area contributed by atoms with Crippen LogP contribution in [0.15, 0.2) is 55.0 Å². The fraction of sp³-hybridized carbons (Fsp3) is 0.348. The van der Waals surface area contributed by atoms with Crippen LogP contribution in [0.5, 0.6) is 0 Å².